The van der Waals surface area contributed by atoms with Crippen LogP contribution in [0.4, 0.5) is 0 Å². The van der Waals surface area contributed by atoms with E-state index in [0.29, 0.717) is 11.6 Å². The van der Waals surface area contributed by atoms with Crippen LogP contribution in [-0.4, -0.2) is 30.6 Å². The number of nitrogens with zero attached hydrogens (tertiary/aromatic N) is 1. The molecule has 1 unspecified atom stereocenters. The Balaban J connectivity index is 2.03. The van der Waals surface area contributed by atoms with Gasteiger partial charge in [0.15, 0.2) is 0 Å². The van der Waals surface area contributed by atoms with E-state index < -0.39 is 0 Å². The Morgan fingerprint density at radius 1 is 1.22 bits per heavy atom. The third kappa shape index (κ3) is 2.93. The summed E-state index contributed by atoms with van der Waals surface area (Å²) in [5.41, 5.74) is 1.80. The van der Waals surface area contributed by atoms with E-state index in [9.17, 15) is 0 Å². The fourth-order valence-corrected chi connectivity index (χ4v) is 2.96. The molecule has 1 aliphatic heterocycles. The topological polar surface area (TPSA) is 15.3 Å². The molecule has 2 heteroatoms. The summed E-state index contributed by atoms with van der Waals surface area (Å²) in [5, 5.41) is 3.47. The lowest BCUT2D eigenvalue weighted by molar-refractivity contribution is 0.107. The van der Waals surface area contributed by atoms with Crippen molar-refractivity contribution in [3.63, 3.8) is 0 Å². The zero-order chi connectivity index (χ0) is 13.0. The van der Waals surface area contributed by atoms with Crippen molar-refractivity contribution >= 4 is 0 Å². The molecule has 0 bridgehead atoms. The molecule has 0 saturated carbocycles. The number of piperidine rings is 1. The molecule has 1 saturated heterocycles. The second-order valence-corrected chi connectivity index (χ2v) is 5.68. The molecule has 1 heterocycles. The minimum absolute atomic E-state index is 0.339. The molecule has 2 nitrogen and oxygen atoms in total. The summed E-state index contributed by atoms with van der Waals surface area (Å²) in [6.45, 7) is 7.03. The molecular formula is C16H26N2. The fraction of sp³-hybridized carbons (Fsp3) is 0.625. The first kappa shape index (κ1) is 13.6. The monoisotopic (exact) mass is 246 g/mol. The Kier molecular flexibility index (Phi) is 4.41. The van der Waals surface area contributed by atoms with Crippen LogP contribution in [0.2, 0.25) is 0 Å². The summed E-state index contributed by atoms with van der Waals surface area (Å²) in [6, 6.07) is 11.5. The molecule has 2 rings (SSSR count). The summed E-state index contributed by atoms with van der Waals surface area (Å²) in [5.74, 6) is 0. The third-order valence-electron chi connectivity index (χ3n) is 4.52. The van der Waals surface area contributed by atoms with Gasteiger partial charge in [-0.2, -0.15) is 0 Å². The van der Waals surface area contributed by atoms with Crippen molar-refractivity contribution in [3.05, 3.63) is 35.9 Å². The maximum atomic E-state index is 3.47. The van der Waals surface area contributed by atoms with E-state index in [1.165, 1.54) is 37.9 Å². The van der Waals surface area contributed by atoms with Crippen molar-refractivity contribution in [1.29, 1.82) is 0 Å². The molecule has 0 aliphatic carbocycles. The lowest BCUT2D eigenvalue weighted by Crippen LogP contribution is -2.50. The molecule has 1 fully saturated rings. The van der Waals surface area contributed by atoms with Gasteiger partial charge in [-0.3, -0.25) is 4.90 Å². The highest BCUT2D eigenvalue weighted by Gasteiger charge is 2.31. The van der Waals surface area contributed by atoms with E-state index >= 15 is 0 Å². The van der Waals surface area contributed by atoms with Gasteiger partial charge in [0, 0.05) is 24.7 Å². The van der Waals surface area contributed by atoms with Crippen LogP contribution >= 0.6 is 0 Å². The molecule has 1 atom stereocenters. The van der Waals surface area contributed by atoms with Gasteiger partial charge >= 0.3 is 0 Å². The quantitative estimate of drug-likeness (QED) is 0.877. The molecule has 1 aliphatic rings. The molecule has 0 amide bonds. The lowest BCUT2D eigenvalue weighted by Gasteiger charge is -2.42. The predicted molar refractivity (Wildman–Crippen MR) is 77.7 cm³/mol. The van der Waals surface area contributed by atoms with E-state index in [-0.39, 0.29) is 0 Å². The first-order valence-corrected chi connectivity index (χ1v) is 7.16. The van der Waals surface area contributed by atoms with Gasteiger partial charge in [0.2, 0.25) is 0 Å². The van der Waals surface area contributed by atoms with Gasteiger partial charge < -0.3 is 5.32 Å². The molecule has 0 spiro atoms. The number of hydrogen-bond acceptors (Lipinski definition) is 2. The Bertz CT molecular complexity index is 353. The summed E-state index contributed by atoms with van der Waals surface area (Å²) < 4.78 is 0. The van der Waals surface area contributed by atoms with Crippen molar-refractivity contribution in [1.82, 2.24) is 10.2 Å². The zero-order valence-corrected chi connectivity index (χ0v) is 11.9. The average molecular weight is 246 g/mol. The molecule has 18 heavy (non-hydrogen) atoms. The Morgan fingerprint density at radius 2 is 1.83 bits per heavy atom. The summed E-state index contributed by atoms with van der Waals surface area (Å²) in [7, 11) is 2.09. The van der Waals surface area contributed by atoms with Gasteiger partial charge in [-0.1, -0.05) is 37.3 Å². The number of likely N-dealkylation sites (tertiary alicyclic amines) is 1. The normalized spacial score (nSPS) is 21.7. The van der Waals surface area contributed by atoms with E-state index in [1.54, 1.807) is 0 Å². The minimum atomic E-state index is 0.339. The largest absolute Gasteiger partial charge is 0.314 e. The highest BCUT2D eigenvalue weighted by atomic mass is 15.2. The first-order chi connectivity index (χ1) is 8.68. The lowest BCUT2D eigenvalue weighted by atomic mass is 9.88. The predicted octanol–water partition coefficient (Wildman–Crippen LogP) is 3.21. The zero-order valence-electron chi connectivity index (χ0n) is 11.9. The van der Waals surface area contributed by atoms with Crippen LogP contribution in [0, 0.1) is 0 Å². The number of hydrogen-bond donors (Lipinski definition) is 1. The molecular weight excluding hydrogens is 220 g/mol. The van der Waals surface area contributed by atoms with Crippen LogP contribution < -0.4 is 5.32 Å². The minimum Gasteiger partial charge on any atom is -0.314 e. The van der Waals surface area contributed by atoms with Crippen molar-refractivity contribution in [3.8, 4) is 0 Å². The Labute approximate surface area is 111 Å². The van der Waals surface area contributed by atoms with Gasteiger partial charge in [-0.25, -0.2) is 0 Å². The maximum Gasteiger partial charge on any atom is 0.0345 e. The molecule has 0 aromatic heterocycles. The summed E-state index contributed by atoms with van der Waals surface area (Å²) in [6.07, 6.45) is 3.68. The Hall–Kier alpha value is -0.860. The standard InChI is InChI=1S/C16H26N2/c1-4-15(14-8-6-5-7-9-14)18-12-10-16(2,17-3)11-13-18/h5-9,15,17H,4,10-13H2,1-3H3. The van der Waals surface area contributed by atoms with Gasteiger partial charge in [-0.05, 0) is 38.8 Å². The van der Waals surface area contributed by atoms with Gasteiger partial charge in [0.05, 0.1) is 0 Å². The van der Waals surface area contributed by atoms with Crippen LogP contribution in [0.15, 0.2) is 30.3 Å². The second kappa shape index (κ2) is 5.85. The van der Waals surface area contributed by atoms with Crippen LogP contribution in [0.25, 0.3) is 0 Å². The van der Waals surface area contributed by atoms with Crippen LogP contribution in [0.5, 0.6) is 0 Å². The maximum absolute atomic E-state index is 3.47. The molecule has 0 radical (unpaired) electrons. The van der Waals surface area contributed by atoms with Gasteiger partial charge in [0.25, 0.3) is 0 Å². The molecule has 1 aromatic rings. The van der Waals surface area contributed by atoms with Gasteiger partial charge in [-0.15, -0.1) is 0 Å². The fourth-order valence-electron chi connectivity index (χ4n) is 2.96. The van der Waals surface area contributed by atoms with Crippen LogP contribution in [-0.2, 0) is 0 Å². The Morgan fingerprint density at radius 3 is 2.33 bits per heavy atom. The SMILES string of the molecule is CCC(c1ccccc1)N1CCC(C)(NC)CC1. The third-order valence-corrected chi connectivity index (χ3v) is 4.52. The van der Waals surface area contributed by atoms with Gasteiger partial charge in [0.1, 0.15) is 0 Å². The van der Waals surface area contributed by atoms with E-state index in [0.717, 1.165) is 0 Å². The molecule has 100 valence electrons. The van der Waals surface area contributed by atoms with Crippen LogP contribution in [0.3, 0.4) is 0 Å². The van der Waals surface area contributed by atoms with Crippen molar-refractivity contribution in [2.75, 3.05) is 20.1 Å². The number of nitrogens with one attached hydrogen (secondary N) is 1. The second-order valence-electron chi connectivity index (χ2n) is 5.68. The summed E-state index contributed by atoms with van der Waals surface area (Å²) >= 11 is 0. The van der Waals surface area contributed by atoms with E-state index in [2.05, 4.69) is 61.4 Å². The molecule has 1 aromatic carbocycles. The van der Waals surface area contributed by atoms with Crippen molar-refractivity contribution < 1.29 is 0 Å². The highest BCUT2D eigenvalue weighted by molar-refractivity contribution is 5.19. The average Bonchev–Trinajstić information content (AvgIpc) is 2.43. The number of benzene rings is 1. The first-order valence-electron chi connectivity index (χ1n) is 7.16. The molecule has 1 N–H and O–H groups in total. The number of rotatable bonds is 4. The highest BCUT2D eigenvalue weighted by Crippen LogP contribution is 2.30. The summed E-state index contributed by atoms with van der Waals surface area (Å²) in [4.78, 5) is 2.65. The van der Waals surface area contributed by atoms with Crippen LogP contribution in [0.1, 0.15) is 44.7 Å². The van der Waals surface area contributed by atoms with E-state index in [4.69, 9.17) is 0 Å². The van der Waals surface area contributed by atoms with E-state index in [1.807, 2.05) is 0 Å². The van der Waals surface area contributed by atoms with Crippen molar-refractivity contribution in [2.24, 2.45) is 0 Å². The van der Waals surface area contributed by atoms with Crippen molar-refractivity contribution in [2.45, 2.75) is 44.7 Å². The smallest absolute Gasteiger partial charge is 0.0345 e.